The maximum absolute atomic E-state index is 12.2. The first kappa shape index (κ1) is 19.4. The smallest absolute Gasteiger partial charge is 0.407 e. The second-order valence-electron chi connectivity index (χ2n) is 6.28. The maximum Gasteiger partial charge on any atom is 0.407 e. The molecule has 0 aliphatic rings. The van der Waals surface area contributed by atoms with E-state index in [0.717, 1.165) is 5.56 Å². The Morgan fingerprint density at radius 2 is 1.78 bits per heavy atom. The van der Waals surface area contributed by atoms with Crippen LogP contribution >= 0.6 is 0 Å². The molecule has 0 aliphatic carbocycles. The summed E-state index contributed by atoms with van der Waals surface area (Å²) in [6.07, 6.45) is -0.831. The Bertz CT molecular complexity index is 617. The van der Waals surface area contributed by atoms with Gasteiger partial charge < -0.3 is 10.1 Å². The summed E-state index contributed by atoms with van der Waals surface area (Å²) in [4.78, 5) is 11.7. The molecule has 0 bridgehead atoms. The summed E-state index contributed by atoms with van der Waals surface area (Å²) >= 11 is 0. The number of carbonyl (C=O) groups excluding carboxylic acids is 1. The second kappa shape index (κ2) is 7.79. The molecule has 1 rings (SSSR count). The van der Waals surface area contributed by atoms with Crippen LogP contribution in [0.25, 0.3) is 0 Å². The van der Waals surface area contributed by atoms with Crippen molar-refractivity contribution in [2.45, 2.75) is 57.6 Å². The molecule has 0 aliphatic heterocycles. The highest BCUT2D eigenvalue weighted by Gasteiger charge is 2.22. The molecule has 1 aromatic carbocycles. The molecular formula is C16H25NO5S. The first-order valence-corrected chi connectivity index (χ1v) is 8.91. The van der Waals surface area contributed by atoms with E-state index in [9.17, 15) is 13.2 Å². The highest BCUT2D eigenvalue weighted by Crippen LogP contribution is 2.16. The number of carbonyl (C=O) groups is 1. The van der Waals surface area contributed by atoms with Crippen LogP contribution in [-0.2, 0) is 19.0 Å². The number of hydrogen-bond donors (Lipinski definition) is 1. The molecule has 0 saturated heterocycles. The first-order chi connectivity index (χ1) is 10.5. The van der Waals surface area contributed by atoms with Crippen molar-refractivity contribution >= 4 is 16.2 Å². The molecule has 0 fully saturated rings. The van der Waals surface area contributed by atoms with Crippen molar-refractivity contribution in [3.8, 4) is 0 Å². The normalized spacial score (nSPS) is 13.4. The van der Waals surface area contributed by atoms with Gasteiger partial charge in [0.05, 0.1) is 11.0 Å². The van der Waals surface area contributed by atoms with E-state index in [1.54, 1.807) is 39.8 Å². The molecule has 0 saturated carbocycles. The number of rotatable bonds is 6. The summed E-state index contributed by atoms with van der Waals surface area (Å²) in [7, 11) is -3.86. The predicted octanol–water partition coefficient (Wildman–Crippen LogP) is 3.00. The van der Waals surface area contributed by atoms with Gasteiger partial charge in [0.1, 0.15) is 5.60 Å². The Morgan fingerprint density at radius 1 is 1.22 bits per heavy atom. The van der Waals surface area contributed by atoms with Crippen LogP contribution in [-0.4, -0.2) is 32.8 Å². The van der Waals surface area contributed by atoms with Gasteiger partial charge in [0.25, 0.3) is 10.1 Å². The standard InChI is InChI=1S/C16H25NO5S/c1-6-13(11-17-15(18)21-16(3,4)5)22-23(19,20)14-9-7-12(2)8-10-14/h7-10,13H,6,11H2,1-5H3,(H,17,18). The van der Waals surface area contributed by atoms with Gasteiger partial charge in [-0.3, -0.25) is 4.18 Å². The van der Waals surface area contributed by atoms with Gasteiger partial charge in [0.2, 0.25) is 0 Å². The van der Waals surface area contributed by atoms with Crippen LogP contribution in [0, 0.1) is 6.92 Å². The molecule has 1 amide bonds. The Labute approximate surface area is 138 Å². The van der Waals surface area contributed by atoms with E-state index in [-0.39, 0.29) is 11.4 Å². The monoisotopic (exact) mass is 343 g/mol. The van der Waals surface area contributed by atoms with Gasteiger partial charge in [-0.15, -0.1) is 0 Å². The molecule has 1 aromatic rings. The van der Waals surface area contributed by atoms with Gasteiger partial charge in [-0.1, -0.05) is 24.6 Å². The zero-order chi connectivity index (χ0) is 17.7. The third-order valence-corrected chi connectivity index (χ3v) is 4.28. The number of benzene rings is 1. The SMILES string of the molecule is CCC(CNC(=O)OC(C)(C)C)OS(=O)(=O)c1ccc(C)cc1. The number of hydrogen-bond acceptors (Lipinski definition) is 5. The van der Waals surface area contributed by atoms with Crippen LogP contribution < -0.4 is 5.32 Å². The van der Waals surface area contributed by atoms with Crippen LogP contribution in [0.1, 0.15) is 39.7 Å². The van der Waals surface area contributed by atoms with E-state index in [0.29, 0.717) is 6.42 Å². The van der Waals surface area contributed by atoms with Crippen LogP contribution in [0.4, 0.5) is 4.79 Å². The lowest BCUT2D eigenvalue weighted by Gasteiger charge is -2.21. The first-order valence-electron chi connectivity index (χ1n) is 7.50. The molecule has 1 unspecified atom stereocenters. The van der Waals surface area contributed by atoms with Crippen molar-refractivity contribution in [1.82, 2.24) is 5.32 Å². The average Bonchev–Trinajstić information content (AvgIpc) is 2.42. The van der Waals surface area contributed by atoms with Gasteiger partial charge in [-0.05, 0) is 46.2 Å². The zero-order valence-electron chi connectivity index (χ0n) is 14.3. The van der Waals surface area contributed by atoms with Crippen LogP contribution in [0.5, 0.6) is 0 Å². The number of nitrogens with one attached hydrogen (secondary N) is 1. The second-order valence-corrected chi connectivity index (χ2v) is 7.85. The van der Waals surface area contributed by atoms with E-state index in [4.69, 9.17) is 8.92 Å². The zero-order valence-corrected chi connectivity index (χ0v) is 15.1. The van der Waals surface area contributed by atoms with Crippen molar-refractivity contribution in [2.75, 3.05) is 6.54 Å². The molecular weight excluding hydrogens is 318 g/mol. The number of alkyl carbamates (subject to hydrolysis) is 1. The van der Waals surface area contributed by atoms with Crippen molar-refractivity contribution in [3.05, 3.63) is 29.8 Å². The fraction of sp³-hybridized carbons (Fsp3) is 0.562. The van der Waals surface area contributed by atoms with Crippen LogP contribution in [0.3, 0.4) is 0 Å². The lowest BCUT2D eigenvalue weighted by atomic mass is 10.2. The molecule has 130 valence electrons. The highest BCUT2D eigenvalue weighted by atomic mass is 32.2. The summed E-state index contributed by atoms with van der Waals surface area (Å²) in [5.74, 6) is 0. The van der Waals surface area contributed by atoms with Crippen molar-refractivity contribution < 1.29 is 22.1 Å². The number of aryl methyl sites for hydroxylation is 1. The Balaban J connectivity index is 2.65. The molecule has 0 aromatic heterocycles. The molecule has 1 N–H and O–H groups in total. The molecule has 0 heterocycles. The minimum absolute atomic E-state index is 0.0521. The minimum atomic E-state index is -3.86. The van der Waals surface area contributed by atoms with E-state index in [1.807, 2.05) is 6.92 Å². The third-order valence-electron chi connectivity index (χ3n) is 2.90. The summed E-state index contributed by atoms with van der Waals surface area (Å²) in [5.41, 5.74) is 0.350. The van der Waals surface area contributed by atoms with E-state index in [1.165, 1.54) is 12.1 Å². The Hall–Kier alpha value is -1.60. The van der Waals surface area contributed by atoms with Crippen molar-refractivity contribution in [1.29, 1.82) is 0 Å². The summed E-state index contributed by atoms with van der Waals surface area (Å²) < 4.78 is 34.7. The quantitative estimate of drug-likeness (QED) is 0.803. The minimum Gasteiger partial charge on any atom is -0.444 e. The fourth-order valence-electron chi connectivity index (χ4n) is 1.70. The summed E-state index contributed by atoms with van der Waals surface area (Å²) in [5, 5.41) is 2.52. The van der Waals surface area contributed by atoms with Gasteiger partial charge in [-0.25, -0.2) is 4.79 Å². The van der Waals surface area contributed by atoms with Gasteiger partial charge in [-0.2, -0.15) is 8.42 Å². The number of amides is 1. The third kappa shape index (κ3) is 7.00. The molecule has 0 spiro atoms. The Morgan fingerprint density at radius 3 is 2.26 bits per heavy atom. The van der Waals surface area contributed by atoms with Crippen LogP contribution in [0.15, 0.2) is 29.2 Å². The van der Waals surface area contributed by atoms with Gasteiger partial charge >= 0.3 is 6.09 Å². The van der Waals surface area contributed by atoms with E-state index < -0.39 is 27.9 Å². The summed E-state index contributed by atoms with van der Waals surface area (Å²) in [6.45, 7) is 8.96. The van der Waals surface area contributed by atoms with Crippen LogP contribution in [0.2, 0.25) is 0 Å². The summed E-state index contributed by atoms with van der Waals surface area (Å²) in [6, 6.07) is 6.41. The molecule has 7 heteroatoms. The molecule has 0 radical (unpaired) electrons. The van der Waals surface area contributed by atoms with E-state index in [2.05, 4.69) is 5.32 Å². The predicted molar refractivity (Wildman–Crippen MR) is 87.8 cm³/mol. The molecule has 1 atom stereocenters. The van der Waals surface area contributed by atoms with Crippen molar-refractivity contribution in [2.24, 2.45) is 0 Å². The largest absolute Gasteiger partial charge is 0.444 e. The Kier molecular flexibility index (Phi) is 6.58. The molecule has 23 heavy (non-hydrogen) atoms. The van der Waals surface area contributed by atoms with Gasteiger partial charge in [0.15, 0.2) is 0 Å². The van der Waals surface area contributed by atoms with Gasteiger partial charge in [0, 0.05) is 6.54 Å². The fourth-order valence-corrected chi connectivity index (χ4v) is 2.84. The maximum atomic E-state index is 12.2. The van der Waals surface area contributed by atoms with E-state index >= 15 is 0 Å². The topological polar surface area (TPSA) is 81.7 Å². The van der Waals surface area contributed by atoms with Crippen molar-refractivity contribution in [3.63, 3.8) is 0 Å². The number of ether oxygens (including phenoxy) is 1. The molecule has 6 nitrogen and oxygen atoms in total. The lowest BCUT2D eigenvalue weighted by Crippen LogP contribution is -2.38. The lowest BCUT2D eigenvalue weighted by molar-refractivity contribution is 0.0501. The highest BCUT2D eigenvalue weighted by molar-refractivity contribution is 7.86. The average molecular weight is 343 g/mol.